The maximum Gasteiger partial charge on any atom is 0.243 e. The Bertz CT molecular complexity index is 184. The third-order valence-corrected chi connectivity index (χ3v) is 1.24. The van der Waals surface area contributed by atoms with Crippen molar-refractivity contribution in [3.8, 4) is 0 Å². The summed E-state index contributed by atoms with van der Waals surface area (Å²) in [7, 11) is 0. The minimum absolute atomic E-state index is 0.793. The maximum atomic E-state index is 3.80. The first kappa shape index (κ1) is 4.60. The molecule has 0 unspecified atom stereocenters. The normalized spacial score (nSPS) is 15.6. The van der Waals surface area contributed by atoms with Gasteiger partial charge in [-0.15, -0.1) is 10.2 Å². The molecule has 2 heterocycles. The molecular weight excluding hydrogens is 118 g/mol. The fraction of sp³-hybridized carbons (Fsp3) is 0.500. The van der Waals surface area contributed by atoms with E-state index >= 15 is 0 Å². The number of fused-ring (bicyclic) bond motifs is 1. The number of nitrogens with zero attached hydrogens (tertiary/aromatic N) is 3. The molecule has 1 aliphatic rings. The van der Waals surface area contributed by atoms with Crippen molar-refractivity contribution in [3.05, 3.63) is 6.33 Å². The van der Waals surface area contributed by atoms with E-state index in [2.05, 4.69) is 20.9 Å². The minimum atomic E-state index is 0.793. The van der Waals surface area contributed by atoms with Gasteiger partial charge in [0.25, 0.3) is 0 Å². The lowest BCUT2D eigenvalue weighted by Crippen LogP contribution is -2.29. The monoisotopic (exact) mass is 125 g/mol. The molecule has 1 aromatic rings. The summed E-state index contributed by atoms with van der Waals surface area (Å²) in [6, 6.07) is 0. The first-order valence-corrected chi connectivity index (χ1v) is 2.84. The molecule has 0 fully saturated rings. The summed E-state index contributed by atoms with van der Waals surface area (Å²) in [5.41, 5.74) is 3.07. The Morgan fingerprint density at radius 2 is 2.56 bits per heavy atom. The summed E-state index contributed by atoms with van der Waals surface area (Å²) in [5.74, 6) is 0.793. The topological polar surface area (TPSA) is 54.8 Å². The predicted molar refractivity (Wildman–Crippen MR) is 32.7 cm³/mol. The van der Waals surface area contributed by atoms with Crippen molar-refractivity contribution in [1.29, 1.82) is 0 Å². The van der Waals surface area contributed by atoms with Crippen LogP contribution in [0, 0.1) is 0 Å². The molecule has 0 aromatic carbocycles. The Morgan fingerprint density at radius 3 is 3.44 bits per heavy atom. The zero-order valence-corrected chi connectivity index (χ0v) is 4.83. The Balaban J connectivity index is 2.39. The van der Waals surface area contributed by atoms with Crippen LogP contribution in [0.4, 0.5) is 5.95 Å². The van der Waals surface area contributed by atoms with Gasteiger partial charge in [-0.2, -0.15) is 0 Å². The second kappa shape index (κ2) is 1.61. The van der Waals surface area contributed by atoms with E-state index in [1.165, 1.54) is 0 Å². The van der Waals surface area contributed by atoms with Gasteiger partial charge >= 0.3 is 0 Å². The third kappa shape index (κ3) is 0.611. The summed E-state index contributed by atoms with van der Waals surface area (Å²) in [5, 5.41) is 10.6. The maximum absolute atomic E-state index is 3.80. The second-order valence-corrected chi connectivity index (χ2v) is 1.86. The van der Waals surface area contributed by atoms with Gasteiger partial charge in [0.05, 0.1) is 0 Å². The van der Waals surface area contributed by atoms with Gasteiger partial charge in [-0.25, -0.2) is 4.68 Å². The van der Waals surface area contributed by atoms with Crippen molar-refractivity contribution < 1.29 is 0 Å². The molecule has 1 aliphatic heterocycles. The van der Waals surface area contributed by atoms with Crippen LogP contribution in [-0.2, 0) is 0 Å². The standard InChI is InChI=1S/C4H7N5/c1-2-7-9-3-6-8-4(9)5-1/h3,7H,1-2H2,(H,5,8). The highest BCUT2D eigenvalue weighted by Crippen LogP contribution is 2.00. The molecule has 2 N–H and O–H groups in total. The zero-order chi connectivity index (χ0) is 6.10. The largest absolute Gasteiger partial charge is 0.351 e. The van der Waals surface area contributed by atoms with E-state index in [0.29, 0.717) is 0 Å². The molecule has 0 saturated heterocycles. The Hall–Kier alpha value is -1.26. The molecule has 0 bridgehead atoms. The number of nitrogens with one attached hydrogen (secondary N) is 2. The molecule has 0 amide bonds. The number of hydrogen-bond donors (Lipinski definition) is 2. The molecule has 5 heteroatoms. The highest BCUT2D eigenvalue weighted by Gasteiger charge is 2.05. The van der Waals surface area contributed by atoms with Crippen LogP contribution >= 0.6 is 0 Å². The predicted octanol–water partition coefficient (Wildman–Crippen LogP) is -0.753. The van der Waals surface area contributed by atoms with Crippen molar-refractivity contribution in [2.75, 3.05) is 23.8 Å². The van der Waals surface area contributed by atoms with Crippen LogP contribution in [0.15, 0.2) is 6.33 Å². The molecule has 0 saturated carbocycles. The van der Waals surface area contributed by atoms with E-state index < -0.39 is 0 Å². The van der Waals surface area contributed by atoms with E-state index in [1.807, 2.05) is 0 Å². The van der Waals surface area contributed by atoms with Crippen LogP contribution in [0.5, 0.6) is 0 Å². The number of aromatic nitrogens is 3. The van der Waals surface area contributed by atoms with E-state index in [4.69, 9.17) is 0 Å². The second-order valence-electron chi connectivity index (χ2n) is 1.86. The molecule has 0 radical (unpaired) electrons. The first-order chi connectivity index (χ1) is 4.47. The molecule has 2 rings (SSSR count). The van der Waals surface area contributed by atoms with Gasteiger partial charge < -0.3 is 10.7 Å². The number of rotatable bonds is 0. The van der Waals surface area contributed by atoms with Crippen LogP contribution in [0.1, 0.15) is 0 Å². The summed E-state index contributed by atoms with van der Waals surface area (Å²) < 4.78 is 1.77. The van der Waals surface area contributed by atoms with E-state index in [-0.39, 0.29) is 0 Å². The molecule has 5 nitrogen and oxygen atoms in total. The van der Waals surface area contributed by atoms with Crippen LogP contribution < -0.4 is 10.7 Å². The highest BCUT2D eigenvalue weighted by molar-refractivity contribution is 5.27. The molecular formula is C4H7N5. The quantitative estimate of drug-likeness (QED) is 0.479. The van der Waals surface area contributed by atoms with Crippen molar-refractivity contribution >= 4 is 5.95 Å². The van der Waals surface area contributed by atoms with Crippen molar-refractivity contribution in [2.45, 2.75) is 0 Å². The van der Waals surface area contributed by atoms with Gasteiger partial charge in [0.1, 0.15) is 6.33 Å². The number of hydrogen-bond acceptors (Lipinski definition) is 4. The molecule has 9 heavy (non-hydrogen) atoms. The average Bonchev–Trinajstić information content (AvgIpc) is 2.33. The van der Waals surface area contributed by atoms with Crippen LogP contribution in [-0.4, -0.2) is 28.0 Å². The molecule has 0 spiro atoms. The van der Waals surface area contributed by atoms with Crippen LogP contribution in [0.25, 0.3) is 0 Å². The fourth-order valence-electron chi connectivity index (χ4n) is 0.822. The lowest BCUT2D eigenvalue weighted by Gasteiger charge is -2.15. The van der Waals surface area contributed by atoms with Crippen LogP contribution in [0.3, 0.4) is 0 Å². The first-order valence-electron chi connectivity index (χ1n) is 2.84. The van der Waals surface area contributed by atoms with Gasteiger partial charge in [-0.1, -0.05) is 0 Å². The van der Waals surface area contributed by atoms with Gasteiger partial charge in [0.15, 0.2) is 0 Å². The van der Waals surface area contributed by atoms with E-state index in [1.54, 1.807) is 11.0 Å². The Kier molecular flexibility index (Phi) is 0.824. The molecule has 1 aromatic heterocycles. The van der Waals surface area contributed by atoms with E-state index in [9.17, 15) is 0 Å². The smallest absolute Gasteiger partial charge is 0.243 e. The Labute approximate surface area is 52.1 Å². The summed E-state index contributed by atoms with van der Waals surface area (Å²) >= 11 is 0. The fourth-order valence-corrected chi connectivity index (χ4v) is 0.822. The van der Waals surface area contributed by atoms with E-state index in [0.717, 1.165) is 19.0 Å². The lowest BCUT2D eigenvalue weighted by molar-refractivity contribution is 0.792. The Morgan fingerprint density at radius 1 is 1.56 bits per heavy atom. The zero-order valence-electron chi connectivity index (χ0n) is 4.83. The lowest BCUT2D eigenvalue weighted by atomic mass is 10.6. The molecule has 0 atom stereocenters. The van der Waals surface area contributed by atoms with Gasteiger partial charge in [-0.3, -0.25) is 0 Å². The van der Waals surface area contributed by atoms with Crippen molar-refractivity contribution in [2.24, 2.45) is 0 Å². The third-order valence-electron chi connectivity index (χ3n) is 1.24. The average molecular weight is 125 g/mol. The highest BCUT2D eigenvalue weighted by atomic mass is 15.5. The number of anilines is 1. The summed E-state index contributed by atoms with van der Waals surface area (Å²) in [6.45, 7) is 1.84. The van der Waals surface area contributed by atoms with Gasteiger partial charge in [-0.05, 0) is 0 Å². The van der Waals surface area contributed by atoms with Crippen molar-refractivity contribution in [1.82, 2.24) is 14.9 Å². The summed E-state index contributed by atoms with van der Waals surface area (Å²) in [4.78, 5) is 0. The summed E-state index contributed by atoms with van der Waals surface area (Å²) in [6.07, 6.45) is 1.64. The van der Waals surface area contributed by atoms with Crippen molar-refractivity contribution in [3.63, 3.8) is 0 Å². The SMILES string of the molecule is c1nnc2n1NCCN2. The molecule has 0 aliphatic carbocycles. The van der Waals surface area contributed by atoms with Gasteiger partial charge in [0, 0.05) is 13.1 Å². The van der Waals surface area contributed by atoms with Gasteiger partial charge in [0.2, 0.25) is 5.95 Å². The van der Waals surface area contributed by atoms with Crippen LogP contribution in [0.2, 0.25) is 0 Å². The molecule has 48 valence electrons. The minimum Gasteiger partial charge on any atom is -0.351 e.